The third-order valence-corrected chi connectivity index (χ3v) is 1.56. The molecule has 0 spiro atoms. The highest BCUT2D eigenvalue weighted by molar-refractivity contribution is 5.65. The van der Waals surface area contributed by atoms with E-state index in [0.29, 0.717) is 6.61 Å². The fourth-order valence-corrected chi connectivity index (χ4v) is 0.882. The van der Waals surface area contributed by atoms with Crippen LogP contribution in [-0.4, -0.2) is 5.97 Å². The Labute approximate surface area is 76.7 Å². The van der Waals surface area contributed by atoms with Crippen molar-refractivity contribution in [3.05, 3.63) is 29.8 Å². The van der Waals surface area contributed by atoms with Crippen molar-refractivity contribution in [3.8, 4) is 0 Å². The number of rotatable bonds is 3. The summed E-state index contributed by atoms with van der Waals surface area (Å²) in [6, 6.07) is 7.33. The van der Waals surface area contributed by atoms with Crippen LogP contribution < -0.4 is 11.3 Å². The molecule has 0 fully saturated rings. The van der Waals surface area contributed by atoms with Gasteiger partial charge in [0.1, 0.15) is 6.61 Å². The Morgan fingerprint density at radius 1 is 1.46 bits per heavy atom. The molecule has 0 saturated heterocycles. The molecule has 0 aromatic heterocycles. The maximum Gasteiger partial charge on any atom is 0.302 e. The lowest BCUT2D eigenvalue weighted by atomic mass is 10.2. The van der Waals surface area contributed by atoms with Gasteiger partial charge in [-0.2, -0.15) is 0 Å². The third kappa shape index (κ3) is 3.13. The van der Waals surface area contributed by atoms with E-state index in [9.17, 15) is 4.79 Å². The number of hydrazine groups is 1. The van der Waals surface area contributed by atoms with Crippen molar-refractivity contribution >= 4 is 11.7 Å². The number of nitrogens with one attached hydrogen (secondary N) is 1. The molecule has 4 heteroatoms. The Bertz CT molecular complexity index is 282. The fourth-order valence-electron chi connectivity index (χ4n) is 0.882. The van der Waals surface area contributed by atoms with Gasteiger partial charge in [-0.1, -0.05) is 12.1 Å². The molecule has 0 aliphatic heterocycles. The normalized spacial score (nSPS) is 9.38. The largest absolute Gasteiger partial charge is 0.461 e. The van der Waals surface area contributed by atoms with E-state index in [1.54, 1.807) is 0 Å². The molecule has 0 heterocycles. The third-order valence-electron chi connectivity index (χ3n) is 1.56. The van der Waals surface area contributed by atoms with Gasteiger partial charge in [-0.25, -0.2) is 0 Å². The molecule has 1 aromatic rings. The number of esters is 1. The first-order chi connectivity index (χ1) is 6.22. The summed E-state index contributed by atoms with van der Waals surface area (Å²) in [7, 11) is 0. The number of carbonyl (C=O) groups excluding carboxylic acids is 1. The van der Waals surface area contributed by atoms with Crippen LogP contribution in [0.15, 0.2) is 24.3 Å². The Hall–Kier alpha value is -1.55. The summed E-state index contributed by atoms with van der Waals surface area (Å²) >= 11 is 0. The molecule has 3 N–H and O–H groups in total. The topological polar surface area (TPSA) is 64.3 Å². The van der Waals surface area contributed by atoms with Crippen molar-refractivity contribution in [1.82, 2.24) is 0 Å². The van der Waals surface area contributed by atoms with Gasteiger partial charge in [0.05, 0.1) is 0 Å². The lowest BCUT2D eigenvalue weighted by Gasteiger charge is -2.03. The van der Waals surface area contributed by atoms with E-state index >= 15 is 0 Å². The van der Waals surface area contributed by atoms with E-state index in [0.717, 1.165) is 11.3 Å². The summed E-state index contributed by atoms with van der Waals surface area (Å²) < 4.78 is 4.81. The summed E-state index contributed by atoms with van der Waals surface area (Å²) in [4.78, 5) is 10.5. The highest BCUT2D eigenvalue weighted by Crippen LogP contribution is 2.08. The molecule has 0 bridgehead atoms. The number of ether oxygens (including phenoxy) is 1. The second kappa shape index (κ2) is 4.47. The van der Waals surface area contributed by atoms with Crippen molar-refractivity contribution < 1.29 is 9.53 Å². The van der Waals surface area contributed by atoms with Crippen molar-refractivity contribution in [2.24, 2.45) is 5.84 Å². The summed E-state index contributed by atoms with van der Waals surface area (Å²) in [6.45, 7) is 1.69. The molecule has 1 rings (SSSR count). The smallest absolute Gasteiger partial charge is 0.302 e. The first kappa shape index (κ1) is 9.54. The van der Waals surface area contributed by atoms with Crippen molar-refractivity contribution in [1.29, 1.82) is 0 Å². The summed E-state index contributed by atoms with van der Waals surface area (Å²) in [6.07, 6.45) is 0. The van der Waals surface area contributed by atoms with Crippen LogP contribution in [-0.2, 0) is 16.1 Å². The van der Waals surface area contributed by atoms with Crippen LogP contribution in [0, 0.1) is 0 Å². The van der Waals surface area contributed by atoms with Gasteiger partial charge in [-0.3, -0.25) is 10.6 Å². The predicted octanol–water partition coefficient (Wildman–Crippen LogP) is 1.04. The highest BCUT2D eigenvalue weighted by Gasteiger charge is 1.95. The minimum Gasteiger partial charge on any atom is -0.461 e. The van der Waals surface area contributed by atoms with Gasteiger partial charge >= 0.3 is 5.97 Å². The Kier molecular flexibility index (Phi) is 3.28. The SMILES string of the molecule is CC(=O)OCc1ccc(NN)cc1. The van der Waals surface area contributed by atoms with E-state index in [4.69, 9.17) is 10.6 Å². The van der Waals surface area contributed by atoms with Gasteiger partial charge in [0, 0.05) is 12.6 Å². The fraction of sp³-hybridized carbons (Fsp3) is 0.222. The minimum atomic E-state index is -0.277. The average molecular weight is 180 g/mol. The molecule has 0 unspecified atom stereocenters. The number of anilines is 1. The molecule has 4 nitrogen and oxygen atoms in total. The lowest BCUT2D eigenvalue weighted by molar-refractivity contribution is -0.142. The van der Waals surface area contributed by atoms with Gasteiger partial charge in [-0.05, 0) is 17.7 Å². The molecule has 0 aliphatic rings. The molecule has 0 amide bonds. The van der Waals surface area contributed by atoms with Gasteiger partial charge < -0.3 is 10.2 Å². The second-order valence-corrected chi connectivity index (χ2v) is 2.62. The zero-order valence-electron chi connectivity index (χ0n) is 7.41. The molecular formula is C9H12N2O2. The van der Waals surface area contributed by atoms with Crippen LogP contribution in [0.4, 0.5) is 5.69 Å². The van der Waals surface area contributed by atoms with E-state index in [1.165, 1.54) is 6.92 Å². The number of nitrogens with two attached hydrogens (primary N) is 1. The Morgan fingerprint density at radius 2 is 2.08 bits per heavy atom. The highest BCUT2D eigenvalue weighted by atomic mass is 16.5. The summed E-state index contributed by atoms with van der Waals surface area (Å²) in [5.41, 5.74) is 4.28. The average Bonchev–Trinajstić information content (AvgIpc) is 2.15. The Balaban J connectivity index is 2.54. The van der Waals surface area contributed by atoms with Crippen LogP contribution >= 0.6 is 0 Å². The van der Waals surface area contributed by atoms with Gasteiger partial charge in [0.2, 0.25) is 0 Å². The van der Waals surface area contributed by atoms with Crippen LogP contribution in [0.25, 0.3) is 0 Å². The lowest BCUT2D eigenvalue weighted by Crippen LogP contribution is -2.06. The molecule has 0 atom stereocenters. The van der Waals surface area contributed by atoms with E-state index < -0.39 is 0 Å². The zero-order valence-corrected chi connectivity index (χ0v) is 7.41. The number of hydrogen-bond acceptors (Lipinski definition) is 4. The minimum absolute atomic E-state index is 0.277. The van der Waals surface area contributed by atoms with Crippen LogP contribution in [0.5, 0.6) is 0 Å². The van der Waals surface area contributed by atoms with Gasteiger partial charge in [0.15, 0.2) is 0 Å². The molecule has 0 aliphatic carbocycles. The standard InChI is InChI=1S/C9H12N2O2/c1-7(12)13-6-8-2-4-9(11-10)5-3-8/h2-5,11H,6,10H2,1H3. The molecule has 0 saturated carbocycles. The Morgan fingerprint density at radius 3 is 2.54 bits per heavy atom. The molecule has 13 heavy (non-hydrogen) atoms. The maximum absolute atomic E-state index is 10.5. The number of hydrogen-bond donors (Lipinski definition) is 2. The quantitative estimate of drug-likeness (QED) is 0.414. The van der Waals surface area contributed by atoms with Gasteiger partial charge in [0.25, 0.3) is 0 Å². The van der Waals surface area contributed by atoms with Crippen LogP contribution in [0.3, 0.4) is 0 Å². The van der Waals surface area contributed by atoms with Gasteiger partial charge in [-0.15, -0.1) is 0 Å². The van der Waals surface area contributed by atoms with E-state index in [2.05, 4.69) is 5.43 Å². The maximum atomic E-state index is 10.5. The molecular weight excluding hydrogens is 168 g/mol. The van der Waals surface area contributed by atoms with Crippen LogP contribution in [0.1, 0.15) is 12.5 Å². The molecule has 1 aromatic carbocycles. The first-order valence-corrected chi connectivity index (χ1v) is 3.91. The number of nitrogen functional groups attached to an aromatic ring is 1. The summed E-state index contributed by atoms with van der Waals surface area (Å²) in [5, 5.41) is 0. The van der Waals surface area contributed by atoms with Crippen molar-refractivity contribution in [3.63, 3.8) is 0 Å². The van der Waals surface area contributed by atoms with Crippen LogP contribution in [0.2, 0.25) is 0 Å². The number of benzene rings is 1. The molecule has 70 valence electrons. The predicted molar refractivity (Wildman–Crippen MR) is 49.7 cm³/mol. The van der Waals surface area contributed by atoms with Crippen molar-refractivity contribution in [2.45, 2.75) is 13.5 Å². The molecule has 0 radical (unpaired) electrons. The number of carbonyl (C=O) groups is 1. The van der Waals surface area contributed by atoms with Crippen molar-refractivity contribution in [2.75, 3.05) is 5.43 Å². The second-order valence-electron chi connectivity index (χ2n) is 2.62. The first-order valence-electron chi connectivity index (χ1n) is 3.91. The summed E-state index contributed by atoms with van der Waals surface area (Å²) in [5.74, 6) is 4.91. The van der Waals surface area contributed by atoms with E-state index in [-0.39, 0.29) is 5.97 Å². The monoisotopic (exact) mass is 180 g/mol. The van der Waals surface area contributed by atoms with E-state index in [1.807, 2.05) is 24.3 Å². The zero-order chi connectivity index (χ0) is 9.68.